The number of likely N-dealkylation sites (tertiary alicyclic amines) is 1. The number of piperidine rings is 1. The van der Waals surface area contributed by atoms with Crippen molar-refractivity contribution in [3.8, 4) is 5.75 Å². The second kappa shape index (κ2) is 8.15. The van der Waals surface area contributed by atoms with Crippen LogP contribution in [0.4, 0.5) is 0 Å². The van der Waals surface area contributed by atoms with Gasteiger partial charge < -0.3 is 14.4 Å². The van der Waals surface area contributed by atoms with Crippen LogP contribution in [-0.4, -0.2) is 50.6 Å². The molecule has 0 amide bonds. The summed E-state index contributed by atoms with van der Waals surface area (Å²) in [6.07, 6.45) is 3.90. The Morgan fingerprint density at radius 2 is 2.00 bits per heavy atom. The minimum atomic E-state index is 0.0186. The maximum atomic E-state index is 12.2. The minimum absolute atomic E-state index is 0.0186. The molecular formula is C17H25NO3. The molecule has 0 bridgehead atoms. The van der Waals surface area contributed by atoms with Crippen molar-refractivity contribution >= 4 is 5.78 Å². The lowest BCUT2D eigenvalue weighted by atomic mass is 10.0. The molecule has 1 aromatic carbocycles. The SMILES string of the molecule is COc1ccc(C)c(C(=O)COCCN2CCCCC2)c1. The van der Waals surface area contributed by atoms with Gasteiger partial charge in [-0.2, -0.15) is 0 Å². The second-order valence-electron chi connectivity index (χ2n) is 5.56. The molecule has 1 fully saturated rings. The van der Waals surface area contributed by atoms with Crippen LogP contribution in [0, 0.1) is 6.92 Å². The zero-order valence-electron chi connectivity index (χ0n) is 13.1. The molecular weight excluding hydrogens is 266 g/mol. The van der Waals surface area contributed by atoms with Crippen LogP contribution in [0.2, 0.25) is 0 Å². The number of methoxy groups -OCH3 is 1. The molecule has 1 saturated heterocycles. The molecule has 0 unspecified atom stereocenters. The van der Waals surface area contributed by atoms with Gasteiger partial charge in [-0.3, -0.25) is 4.79 Å². The summed E-state index contributed by atoms with van der Waals surface area (Å²) in [4.78, 5) is 14.6. The number of rotatable bonds is 7. The lowest BCUT2D eigenvalue weighted by molar-refractivity contribution is 0.0682. The van der Waals surface area contributed by atoms with Crippen LogP contribution in [0.3, 0.4) is 0 Å². The number of hydrogen-bond acceptors (Lipinski definition) is 4. The second-order valence-corrected chi connectivity index (χ2v) is 5.56. The number of carbonyl (C=O) groups excluding carboxylic acids is 1. The molecule has 0 spiro atoms. The van der Waals surface area contributed by atoms with Crippen molar-refractivity contribution in [2.24, 2.45) is 0 Å². The first-order valence-electron chi connectivity index (χ1n) is 7.68. The van der Waals surface area contributed by atoms with Crippen LogP contribution in [0.15, 0.2) is 18.2 Å². The van der Waals surface area contributed by atoms with Crippen LogP contribution >= 0.6 is 0 Å². The Hall–Kier alpha value is -1.39. The molecule has 4 nitrogen and oxygen atoms in total. The van der Waals surface area contributed by atoms with Crippen LogP contribution < -0.4 is 4.74 Å². The van der Waals surface area contributed by atoms with Gasteiger partial charge in [-0.1, -0.05) is 12.5 Å². The molecule has 1 aliphatic heterocycles. The molecule has 1 aliphatic rings. The van der Waals surface area contributed by atoms with E-state index in [1.54, 1.807) is 13.2 Å². The topological polar surface area (TPSA) is 38.8 Å². The third-order valence-electron chi connectivity index (χ3n) is 3.98. The van der Waals surface area contributed by atoms with E-state index in [0.29, 0.717) is 17.9 Å². The normalized spacial score (nSPS) is 15.9. The van der Waals surface area contributed by atoms with Gasteiger partial charge >= 0.3 is 0 Å². The third-order valence-corrected chi connectivity index (χ3v) is 3.98. The molecule has 1 aromatic rings. The summed E-state index contributed by atoms with van der Waals surface area (Å²) in [5, 5.41) is 0. The van der Waals surface area contributed by atoms with Crippen LogP contribution in [0.1, 0.15) is 35.2 Å². The van der Waals surface area contributed by atoms with Gasteiger partial charge in [0.25, 0.3) is 0 Å². The smallest absolute Gasteiger partial charge is 0.188 e. The molecule has 2 rings (SSSR count). The number of nitrogens with zero attached hydrogens (tertiary/aromatic N) is 1. The zero-order valence-corrected chi connectivity index (χ0v) is 13.1. The van der Waals surface area contributed by atoms with Crippen LogP contribution in [0.25, 0.3) is 0 Å². The van der Waals surface area contributed by atoms with E-state index < -0.39 is 0 Å². The van der Waals surface area contributed by atoms with Crippen molar-refractivity contribution in [3.05, 3.63) is 29.3 Å². The first-order chi connectivity index (χ1) is 10.2. The molecule has 0 aliphatic carbocycles. The Morgan fingerprint density at radius 3 is 2.71 bits per heavy atom. The Morgan fingerprint density at radius 1 is 1.24 bits per heavy atom. The predicted octanol–water partition coefficient (Wildman–Crippen LogP) is 2.69. The first-order valence-corrected chi connectivity index (χ1v) is 7.68. The quantitative estimate of drug-likeness (QED) is 0.572. The fraction of sp³-hybridized carbons (Fsp3) is 0.588. The molecule has 1 heterocycles. The molecule has 0 saturated carbocycles. The van der Waals surface area contributed by atoms with Gasteiger partial charge in [-0.25, -0.2) is 0 Å². The van der Waals surface area contributed by atoms with E-state index in [9.17, 15) is 4.79 Å². The van der Waals surface area contributed by atoms with Crippen molar-refractivity contribution in [2.45, 2.75) is 26.2 Å². The number of Topliss-reactive ketones (excluding diaryl/α,β-unsaturated/α-hetero) is 1. The minimum Gasteiger partial charge on any atom is -0.497 e. The van der Waals surface area contributed by atoms with Crippen molar-refractivity contribution in [3.63, 3.8) is 0 Å². The largest absolute Gasteiger partial charge is 0.497 e. The number of benzene rings is 1. The third kappa shape index (κ3) is 4.83. The van der Waals surface area contributed by atoms with E-state index >= 15 is 0 Å². The summed E-state index contributed by atoms with van der Waals surface area (Å²) in [5.74, 6) is 0.724. The fourth-order valence-electron chi connectivity index (χ4n) is 2.65. The molecule has 0 N–H and O–H groups in total. The van der Waals surface area contributed by atoms with Crippen molar-refractivity contribution in [1.82, 2.24) is 4.90 Å². The standard InChI is InChI=1S/C17H25NO3/c1-14-6-7-15(20-2)12-16(14)17(19)13-21-11-10-18-8-4-3-5-9-18/h6-7,12H,3-5,8-11,13H2,1-2H3. The summed E-state index contributed by atoms with van der Waals surface area (Å²) >= 11 is 0. The highest BCUT2D eigenvalue weighted by atomic mass is 16.5. The lowest BCUT2D eigenvalue weighted by Crippen LogP contribution is -2.33. The number of aryl methyl sites for hydroxylation is 1. The van der Waals surface area contributed by atoms with E-state index in [2.05, 4.69) is 4.90 Å². The van der Waals surface area contributed by atoms with Crippen LogP contribution in [-0.2, 0) is 4.74 Å². The van der Waals surface area contributed by atoms with Gasteiger partial charge in [0.15, 0.2) is 5.78 Å². The monoisotopic (exact) mass is 291 g/mol. The number of ether oxygens (including phenoxy) is 2. The van der Waals surface area contributed by atoms with E-state index in [0.717, 1.165) is 25.2 Å². The van der Waals surface area contributed by atoms with Gasteiger partial charge in [0.05, 0.1) is 13.7 Å². The molecule has 4 heteroatoms. The number of hydrogen-bond donors (Lipinski definition) is 0. The fourth-order valence-corrected chi connectivity index (χ4v) is 2.65. The summed E-state index contributed by atoms with van der Waals surface area (Å²) < 4.78 is 10.7. The summed E-state index contributed by atoms with van der Waals surface area (Å²) in [6.45, 7) is 5.93. The highest BCUT2D eigenvalue weighted by molar-refractivity contribution is 5.98. The predicted molar refractivity (Wildman–Crippen MR) is 83.2 cm³/mol. The zero-order chi connectivity index (χ0) is 15.1. The van der Waals surface area contributed by atoms with Crippen molar-refractivity contribution in [2.75, 3.05) is 40.0 Å². The summed E-state index contributed by atoms with van der Waals surface area (Å²) in [5.41, 5.74) is 1.65. The maximum Gasteiger partial charge on any atom is 0.188 e. The number of ketones is 1. The van der Waals surface area contributed by atoms with Gasteiger partial charge in [0, 0.05) is 12.1 Å². The molecule has 0 atom stereocenters. The van der Waals surface area contributed by atoms with Crippen LogP contribution in [0.5, 0.6) is 5.75 Å². The highest BCUT2D eigenvalue weighted by Gasteiger charge is 2.12. The molecule has 0 aromatic heterocycles. The maximum absolute atomic E-state index is 12.2. The lowest BCUT2D eigenvalue weighted by Gasteiger charge is -2.26. The van der Waals surface area contributed by atoms with Gasteiger partial charge in [-0.15, -0.1) is 0 Å². The average Bonchev–Trinajstić information content (AvgIpc) is 2.53. The average molecular weight is 291 g/mol. The van der Waals surface area contributed by atoms with Crippen molar-refractivity contribution in [1.29, 1.82) is 0 Å². The molecule has 0 radical (unpaired) electrons. The van der Waals surface area contributed by atoms with E-state index in [1.807, 2.05) is 19.1 Å². The summed E-state index contributed by atoms with van der Waals surface area (Å²) in [7, 11) is 1.61. The van der Waals surface area contributed by atoms with E-state index in [4.69, 9.17) is 9.47 Å². The van der Waals surface area contributed by atoms with Gasteiger partial charge in [0.1, 0.15) is 12.4 Å². The summed E-state index contributed by atoms with van der Waals surface area (Å²) in [6, 6.07) is 5.55. The Labute approximate surface area is 127 Å². The number of carbonyl (C=O) groups is 1. The Kier molecular flexibility index (Phi) is 6.21. The van der Waals surface area contributed by atoms with E-state index in [1.165, 1.54) is 19.3 Å². The van der Waals surface area contributed by atoms with Crippen molar-refractivity contribution < 1.29 is 14.3 Å². The Bertz CT molecular complexity index is 467. The highest BCUT2D eigenvalue weighted by Crippen LogP contribution is 2.17. The molecule has 116 valence electrons. The Balaban J connectivity index is 1.76. The molecule has 21 heavy (non-hydrogen) atoms. The van der Waals surface area contributed by atoms with Gasteiger partial charge in [0.2, 0.25) is 0 Å². The first kappa shape index (κ1) is 16.0. The van der Waals surface area contributed by atoms with E-state index in [-0.39, 0.29) is 12.4 Å². The van der Waals surface area contributed by atoms with Gasteiger partial charge in [-0.05, 0) is 50.6 Å².